The lowest BCUT2D eigenvalue weighted by Crippen LogP contribution is -2.00. The number of rotatable bonds is 3. The maximum atomic E-state index is 13.7. The first kappa shape index (κ1) is 12.2. The standard InChI is InChI=1S/C16H12FN3/c1-2-6-18-15-9-11(3-4-14(15)17)13-8-12-5-7-19-16(12)20-10-13/h1,3-5,7-10,18H,6H2,(H,19,20). The normalized spacial score (nSPS) is 10.4. The number of terminal acetylenes is 1. The van der Waals surface area contributed by atoms with Gasteiger partial charge in [-0.2, -0.15) is 0 Å². The van der Waals surface area contributed by atoms with E-state index in [2.05, 4.69) is 21.2 Å². The first-order valence-electron chi connectivity index (χ1n) is 6.18. The van der Waals surface area contributed by atoms with Gasteiger partial charge < -0.3 is 10.3 Å². The zero-order valence-corrected chi connectivity index (χ0v) is 10.7. The molecule has 0 fully saturated rings. The van der Waals surface area contributed by atoms with Crippen LogP contribution in [0, 0.1) is 18.2 Å². The van der Waals surface area contributed by atoms with E-state index in [4.69, 9.17) is 6.42 Å². The molecular formula is C16H12FN3. The van der Waals surface area contributed by atoms with Crippen LogP contribution in [-0.2, 0) is 0 Å². The molecule has 98 valence electrons. The predicted octanol–water partition coefficient (Wildman–Crippen LogP) is 3.41. The van der Waals surface area contributed by atoms with Crippen molar-refractivity contribution in [2.45, 2.75) is 0 Å². The van der Waals surface area contributed by atoms with Gasteiger partial charge in [0.05, 0.1) is 12.2 Å². The fraction of sp³-hybridized carbons (Fsp3) is 0.0625. The Bertz CT molecular complexity index is 799. The molecule has 3 rings (SSSR count). The van der Waals surface area contributed by atoms with E-state index in [-0.39, 0.29) is 12.4 Å². The molecule has 0 amide bonds. The molecule has 2 heterocycles. The Morgan fingerprint density at radius 2 is 2.15 bits per heavy atom. The number of anilines is 1. The van der Waals surface area contributed by atoms with E-state index in [1.54, 1.807) is 18.3 Å². The summed E-state index contributed by atoms with van der Waals surface area (Å²) in [5.41, 5.74) is 3.05. The number of nitrogens with one attached hydrogen (secondary N) is 2. The van der Waals surface area contributed by atoms with Crippen LogP contribution < -0.4 is 5.32 Å². The van der Waals surface area contributed by atoms with E-state index in [1.165, 1.54) is 6.07 Å². The van der Waals surface area contributed by atoms with E-state index in [1.807, 2.05) is 18.3 Å². The number of hydrogen-bond acceptors (Lipinski definition) is 2. The van der Waals surface area contributed by atoms with Crippen LogP contribution in [0.4, 0.5) is 10.1 Å². The lowest BCUT2D eigenvalue weighted by atomic mass is 10.1. The van der Waals surface area contributed by atoms with Crippen molar-refractivity contribution in [3.05, 3.63) is 48.5 Å². The fourth-order valence-electron chi connectivity index (χ4n) is 2.08. The molecule has 0 saturated heterocycles. The molecule has 0 unspecified atom stereocenters. The quantitative estimate of drug-likeness (QED) is 0.712. The first-order valence-corrected chi connectivity index (χ1v) is 6.18. The number of hydrogen-bond donors (Lipinski definition) is 2. The van der Waals surface area contributed by atoms with Gasteiger partial charge >= 0.3 is 0 Å². The van der Waals surface area contributed by atoms with Gasteiger partial charge in [0.15, 0.2) is 0 Å². The Balaban J connectivity index is 2.02. The molecule has 0 spiro atoms. The van der Waals surface area contributed by atoms with Crippen LogP contribution >= 0.6 is 0 Å². The summed E-state index contributed by atoms with van der Waals surface area (Å²) >= 11 is 0. The smallest absolute Gasteiger partial charge is 0.146 e. The van der Waals surface area contributed by atoms with Crippen molar-refractivity contribution in [3.63, 3.8) is 0 Å². The summed E-state index contributed by atoms with van der Waals surface area (Å²) in [6.07, 6.45) is 8.78. The molecular weight excluding hydrogens is 253 g/mol. The minimum atomic E-state index is -0.320. The van der Waals surface area contributed by atoms with Crippen molar-refractivity contribution in [2.75, 3.05) is 11.9 Å². The van der Waals surface area contributed by atoms with Gasteiger partial charge in [-0.25, -0.2) is 9.37 Å². The van der Waals surface area contributed by atoms with Crippen molar-refractivity contribution in [1.29, 1.82) is 0 Å². The number of aromatic amines is 1. The Morgan fingerprint density at radius 3 is 3.00 bits per heavy atom. The minimum absolute atomic E-state index is 0.287. The molecule has 0 aliphatic carbocycles. The van der Waals surface area contributed by atoms with E-state index >= 15 is 0 Å². The summed E-state index contributed by atoms with van der Waals surface area (Å²) in [7, 11) is 0. The Hall–Kier alpha value is -2.80. The minimum Gasteiger partial charge on any atom is -0.372 e. The molecule has 2 N–H and O–H groups in total. The number of benzene rings is 1. The molecule has 0 saturated carbocycles. The molecule has 0 aliphatic heterocycles. The van der Waals surface area contributed by atoms with Crippen LogP contribution in [0.1, 0.15) is 0 Å². The SMILES string of the molecule is C#CCNc1cc(-c2cnc3[nH]ccc3c2)ccc1F. The number of aromatic nitrogens is 2. The average Bonchev–Trinajstić information content (AvgIpc) is 2.94. The first-order chi connectivity index (χ1) is 9.78. The van der Waals surface area contributed by atoms with Crippen molar-refractivity contribution in [3.8, 4) is 23.5 Å². The second-order valence-corrected chi connectivity index (χ2v) is 4.39. The topological polar surface area (TPSA) is 40.7 Å². The average molecular weight is 265 g/mol. The van der Waals surface area contributed by atoms with E-state index in [9.17, 15) is 4.39 Å². The largest absolute Gasteiger partial charge is 0.372 e. The molecule has 3 nitrogen and oxygen atoms in total. The van der Waals surface area contributed by atoms with Gasteiger partial charge in [0.2, 0.25) is 0 Å². The van der Waals surface area contributed by atoms with Crippen LogP contribution in [0.15, 0.2) is 42.7 Å². The highest BCUT2D eigenvalue weighted by Gasteiger charge is 2.06. The molecule has 0 bridgehead atoms. The third-order valence-electron chi connectivity index (χ3n) is 3.08. The van der Waals surface area contributed by atoms with Gasteiger partial charge in [0.1, 0.15) is 11.5 Å². The lowest BCUT2D eigenvalue weighted by molar-refractivity contribution is 0.631. The van der Waals surface area contributed by atoms with Crippen LogP contribution in [0.25, 0.3) is 22.2 Å². The van der Waals surface area contributed by atoms with Gasteiger partial charge in [-0.1, -0.05) is 12.0 Å². The summed E-state index contributed by atoms with van der Waals surface area (Å²) in [6, 6.07) is 8.85. The van der Waals surface area contributed by atoms with Crippen LogP contribution in [-0.4, -0.2) is 16.5 Å². The highest BCUT2D eigenvalue weighted by Crippen LogP contribution is 2.26. The van der Waals surface area contributed by atoms with E-state index < -0.39 is 0 Å². The zero-order valence-electron chi connectivity index (χ0n) is 10.7. The summed E-state index contributed by atoms with van der Waals surface area (Å²) in [5, 5.41) is 3.89. The fourth-order valence-corrected chi connectivity index (χ4v) is 2.08. The van der Waals surface area contributed by atoms with Gasteiger partial charge in [0, 0.05) is 23.3 Å². The third-order valence-corrected chi connectivity index (χ3v) is 3.08. The molecule has 2 aromatic heterocycles. The molecule has 0 radical (unpaired) electrons. The van der Waals surface area contributed by atoms with Gasteiger partial charge in [-0.15, -0.1) is 6.42 Å². The zero-order chi connectivity index (χ0) is 13.9. The summed E-state index contributed by atoms with van der Waals surface area (Å²) in [4.78, 5) is 7.37. The number of pyridine rings is 1. The molecule has 0 atom stereocenters. The van der Waals surface area contributed by atoms with E-state index in [0.29, 0.717) is 5.69 Å². The van der Waals surface area contributed by atoms with Crippen molar-refractivity contribution < 1.29 is 4.39 Å². The molecule has 4 heteroatoms. The number of fused-ring (bicyclic) bond motifs is 1. The van der Waals surface area contributed by atoms with Crippen molar-refractivity contribution >= 4 is 16.7 Å². The van der Waals surface area contributed by atoms with Crippen molar-refractivity contribution in [2.24, 2.45) is 0 Å². The molecule has 1 aromatic carbocycles. The maximum Gasteiger partial charge on any atom is 0.146 e. The second-order valence-electron chi connectivity index (χ2n) is 4.39. The summed E-state index contributed by atoms with van der Waals surface area (Å²) in [5.74, 6) is 2.11. The Labute approximate surface area is 115 Å². The highest BCUT2D eigenvalue weighted by atomic mass is 19.1. The monoisotopic (exact) mass is 265 g/mol. The maximum absolute atomic E-state index is 13.7. The van der Waals surface area contributed by atoms with Gasteiger partial charge in [0.25, 0.3) is 0 Å². The molecule has 3 aromatic rings. The highest BCUT2D eigenvalue weighted by molar-refractivity contribution is 5.82. The van der Waals surface area contributed by atoms with Crippen LogP contribution in [0.5, 0.6) is 0 Å². The van der Waals surface area contributed by atoms with Crippen LogP contribution in [0.2, 0.25) is 0 Å². The van der Waals surface area contributed by atoms with E-state index in [0.717, 1.165) is 22.2 Å². The van der Waals surface area contributed by atoms with Crippen LogP contribution in [0.3, 0.4) is 0 Å². The number of halogens is 1. The predicted molar refractivity (Wildman–Crippen MR) is 78.8 cm³/mol. The number of nitrogens with zero attached hydrogens (tertiary/aromatic N) is 1. The van der Waals surface area contributed by atoms with Crippen molar-refractivity contribution in [1.82, 2.24) is 9.97 Å². The third kappa shape index (κ3) is 2.21. The summed E-state index contributed by atoms with van der Waals surface area (Å²) < 4.78 is 13.7. The Morgan fingerprint density at radius 1 is 1.25 bits per heavy atom. The molecule has 20 heavy (non-hydrogen) atoms. The van der Waals surface area contributed by atoms with Gasteiger partial charge in [-0.3, -0.25) is 0 Å². The summed E-state index contributed by atoms with van der Waals surface area (Å²) in [6.45, 7) is 0.287. The number of H-pyrrole nitrogens is 1. The lowest BCUT2D eigenvalue weighted by Gasteiger charge is -2.08. The van der Waals surface area contributed by atoms with Gasteiger partial charge in [-0.05, 0) is 29.8 Å². The second kappa shape index (κ2) is 5.06. The molecule has 0 aliphatic rings. The Kier molecular flexibility index (Phi) is 3.10.